The maximum atomic E-state index is 13.9. The highest BCUT2D eigenvalue weighted by molar-refractivity contribution is 5.49. The van der Waals surface area contributed by atoms with Crippen LogP contribution in [-0.2, 0) is 0 Å². The average molecular weight is 252 g/mol. The van der Waals surface area contributed by atoms with Crippen molar-refractivity contribution in [3.63, 3.8) is 0 Å². The van der Waals surface area contributed by atoms with Crippen LogP contribution in [0, 0.1) is 17.6 Å². The summed E-state index contributed by atoms with van der Waals surface area (Å²) in [5.74, 6) is -0.236. The van der Waals surface area contributed by atoms with Gasteiger partial charge in [-0.1, -0.05) is 0 Å². The molecular formula is C14H18F2N2. The van der Waals surface area contributed by atoms with Crippen molar-refractivity contribution in [3.05, 3.63) is 29.8 Å². The molecular weight excluding hydrogens is 234 g/mol. The molecule has 1 aliphatic heterocycles. The minimum absolute atomic E-state index is 0.236. The average Bonchev–Trinajstić information content (AvgIpc) is 3.14. The molecule has 1 aromatic carbocycles. The van der Waals surface area contributed by atoms with Gasteiger partial charge in [0.25, 0.3) is 0 Å². The predicted molar refractivity (Wildman–Crippen MR) is 67.7 cm³/mol. The Morgan fingerprint density at radius 2 is 2.06 bits per heavy atom. The molecule has 4 heteroatoms. The number of hydrogen-bond donors (Lipinski definition) is 1. The SMILES string of the molecule is CC1CNC(C2CC2)CN1c1ccc(F)cc1F. The van der Waals surface area contributed by atoms with E-state index in [1.54, 1.807) is 6.07 Å². The molecule has 3 rings (SSSR count). The highest BCUT2D eigenvalue weighted by atomic mass is 19.1. The van der Waals surface area contributed by atoms with Gasteiger partial charge in [-0.15, -0.1) is 0 Å². The summed E-state index contributed by atoms with van der Waals surface area (Å²) >= 11 is 0. The van der Waals surface area contributed by atoms with Gasteiger partial charge in [-0.3, -0.25) is 0 Å². The summed E-state index contributed by atoms with van der Waals surface area (Å²) in [4.78, 5) is 2.06. The highest BCUT2D eigenvalue weighted by Gasteiger charge is 2.36. The summed E-state index contributed by atoms with van der Waals surface area (Å²) < 4.78 is 26.8. The number of halogens is 2. The summed E-state index contributed by atoms with van der Waals surface area (Å²) in [6.45, 7) is 3.74. The maximum Gasteiger partial charge on any atom is 0.149 e. The molecule has 2 atom stereocenters. The van der Waals surface area contributed by atoms with E-state index in [9.17, 15) is 8.78 Å². The Balaban J connectivity index is 1.83. The van der Waals surface area contributed by atoms with Gasteiger partial charge in [0, 0.05) is 31.2 Å². The molecule has 1 N–H and O–H groups in total. The van der Waals surface area contributed by atoms with Crippen molar-refractivity contribution in [1.82, 2.24) is 5.32 Å². The zero-order valence-corrected chi connectivity index (χ0v) is 10.5. The monoisotopic (exact) mass is 252 g/mol. The second kappa shape index (κ2) is 4.50. The Bertz CT molecular complexity index is 445. The molecule has 1 saturated heterocycles. The van der Waals surface area contributed by atoms with Crippen molar-refractivity contribution in [2.45, 2.75) is 31.8 Å². The molecule has 0 bridgehead atoms. The Labute approximate surface area is 106 Å². The quantitative estimate of drug-likeness (QED) is 0.870. The third kappa shape index (κ3) is 2.21. The summed E-state index contributed by atoms with van der Waals surface area (Å²) in [5, 5.41) is 3.52. The van der Waals surface area contributed by atoms with Crippen molar-refractivity contribution in [1.29, 1.82) is 0 Å². The van der Waals surface area contributed by atoms with E-state index in [4.69, 9.17) is 0 Å². The van der Waals surface area contributed by atoms with Gasteiger partial charge in [-0.25, -0.2) is 8.78 Å². The first-order chi connectivity index (χ1) is 8.65. The van der Waals surface area contributed by atoms with Gasteiger partial charge >= 0.3 is 0 Å². The second-order valence-corrected chi connectivity index (χ2v) is 5.45. The molecule has 2 unspecified atom stereocenters. The van der Waals surface area contributed by atoms with Crippen LogP contribution in [0.5, 0.6) is 0 Å². The van der Waals surface area contributed by atoms with Crippen LogP contribution in [0.3, 0.4) is 0 Å². The number of hydrogen-bond acceptors (Lipinski definition) is 2. The first-order valence-electron chi connectivity index (χ1n) is 6.60. The van der Waals surface area contributed by atoms with Crippen molar-refractivity contribution in [2.75, 3.05) is 18.0 Å². The molecule has 2 nitrogen and oxygen atoms in total. The van der Waals surface area contributed by atoms with E-state index in [0.717, 1.165) is 25.1 Å². The van der Waals surface area contributed by atoms with Crippen molar-refractivity contribution >= 4 is 5.69 Å². The molecule has 0 radical (unpaired) electrons. The van der Waals surface area contributed by atoms with E-state index in [1.807, 2.05) is 0 Å². The third-order valence-electron chi connectivity index (χ3n) is 4.01. The van der Waals surface area contributed by atoms with Crippen LogP contribution in [-0.4, -0.2) is 25.2 Å². The largest absolute Gasteiger partial charge is 0.364 e. The maximum absolute atomic E-state index is 13.9. The fraction of sp³-hybridized carbons (Fsp3) is 0.571. The Morgan fingerprint density at radius 3 is 2.72 bits per heavy atom. The molecule has 0 amide bonds. The van der Waals surface area contributed by atoms with Crippen molar-refractivity contribution in [2.24, 2.45) is 5.92 Å². The van der Waals surface area contributed by atoms with E-state index in [-0.39, 0.29) is 6.04 Å². The summed E-state index contributed by atoms with van der Waals surface area (Å²) in [6.07, 6.45) is 2.54. The van der Waals surface area contributed by atoms with Gasteiger partial charge in [0.2, 0.25) is 0 Å². The predicted octanol–water partition coefficient (Wildman–Crippen LogP) is 2.54. The zero-order valence-electron chi connectivity index (χ0n) is 10.5. The first-order valence-corrected chi connectivity index (χ1v) is 6.60. The van der Waals surface area contributed by atoms with Crippen LogP contribution >= 0.6 is 0 Å². The van der Waals surface area contributed by atoms with Gasteiger partial charge < -0.3 is 10.2 Å². The van der Waals surface area contributed by atoms with Gasteiger partial charge in [0.15, 0.2) is 0 Å². The molecule has 1 aromatic rings. The Hall–Kier alpha value is -1.16. The molecule has 98 valence electrons. The number of benzene rings is 1. The summed E-state index contributed by atoms with van der Waals surface area (Å²) in [6, 6.07) is 4.54. The number of piperazine rings is 1. The lowest BCUT2D eigenvalue weighted by Gasteiger charge is -2.40. The first kappa shape index (κ1) is 11.9. The molecule has 2 aliphatic rings. The van der Waals surface area contributed by atoms with Crippen molar-refractivity contribution in [3.8, 4) is 0 Å². The fourth-order valence-electron chi connectivity index (χ4n) is 2.75. The number of nitrogens with zero attached hydrogens (tertiary/aromatic N) is 1. The standard InChI is InChI=1S/C14H18F2N2/c1-9-7-17-13(10-2-3-10)8-18(9)14-5-4-11(15)6-12(14)16/h4-6,9-10,13,17H,2-3,7-8H2,1H3. The summed E-state index contributed by atoms with van der Waals surface area (Å²) in [5.41, 5.74) is 0.524. The van der Waals surface area contributed by atoms with Crippen molar-refractivity contribution < 1.29 is 8.78 Å². The van der Waals surface area contributed by atoms with E-state index in [2.05, 4.69) is 17.1 Å². The van der Waals surface area contributed by atoms with E-state index in [0.29, 0.717) is 11.7 Å². The van der Waals surface area contributed by atoms with Gasteiger partial charge in [-0.05, 0) is 37.8 Å². The molecule has 1 saturated carbocycles. The third-order valence-corrected chi connectivity index (χ3v) is 4.01. The lowest BCUT2D eigenvalue weighted by molar-refractivity contribution is 0.373. The van der Waals surface area contributed by atoms with Crippen LogP contribution in [0.1, 0.15) is 19.8 Å². The molecule has 2 fully saturated rings. The molecule has 1 heterocycles. The molecule has 18 heavy (non-hydrogen) atoms. The molecule has 0 aromatic heterocycles. The van der Waals surface area contributed by atoms with Crippen LogP contribution in [0.4, 0.5) is 14.5 Å². The Morgan fingerprint density at radius 1 is 1.28 bits per heavy atom. The number of rotatable bonds is 2. The normalized spacial score (nSPS) is 28.5. The van der Waals surface area contributed by atoms with Gasteiger partial charge in [-0.2, -0.15) is 0 Å². The second-order valence-electron chi connectivity index (χ2n) is 5.45. The lowest BCUT2D eigenvalue weighted by Crippen LogP contribution is -2.56. The highest BCUT2D eigenvalue weighted by Crippen LogP contribution is 2.35. The van der Waals surface area contributed by atoms with Gasteiger partial charge in [0.05, 0.1) is 5.69 Å². The van der Waals surface area contributed by atoms with Crippen LogP contribution in [0.15, 0.2) is 18.2 Å². The topological polar surface area (TPSA) is 15.3 Å². The van der Waals surface area contributed by atoms with Crippen LogP contribution < -0.4 is 10.2 Å². The minimum Gasteiger partial charge on any atom is -0.364 e. The molecule has 1 aliphatic carbocycles. The fourth-order valence-corrected chi connectivity index (χ4v) is 2.75. The smallest absolute Gasteiger partial charge is 0.149 e. The van der Waals surface area contributed by atoms with Crippen LogP contribution in [0.2, 0.25) is 0 Å². The minimum atomic E-state index is -0.516. The van der Waals surface area contributed by atoms with E-state index < -0.39 is 11.6 Å². The van der Waals surface area contributed by atoms with Crippen LogP contribution in [0.25, 0.3) is 0 Å². The Kier molecular flexibility index (Phi) is 2.98. The number of nitrogens with one attached hydrogen (secondary N) is 1. The van der Waals surface area contributed by atoms with Gasteiger partial charge in [0.1, 0.15) is 11.6 Å². The van der Waals surface area contributed by atoms with E-state index >= 15 is 0 Å². The zero-order chi connectivity index (χ0) is 12.7. The van der Waals surface area contributed by atoms with E-state index in [1.165, 1.54) is 18.9 Å². The number of anilines is 1. The molecule has 0 spiro atoms. The lowest BCUT2D eigenvalue weighted by atomic mass is 10.1. The summed E-state index contributed by atoms with van der Waals surface area (Å²) in [7, 11) is 0.